The zero-order chi connectivity index (χ0) is 20.1. The zero-order valence-electron chi connectivity index (χ0n) is 15.5. The van der Waals surface area contributed by atoms with E-state index >= 15 is 0 Å². The molecule has 8 nitrogen and oxygen atoms in total. The van der Waals surface area contributed by atoms with E-state index in [1.54, 1.807) is 24.3 Å². The third-order valence-corrected chi connectivity index (χ3v) is 3.78. The fraction of sp³-hybridized carbons (Fsp3) is 0.150. The number of aliphatic hydroxyl groups is 1. The van der Waals surface area contributed by atoms with Crippen LogP contribution in [0.15, 0.2) is 57.7 Å². The summed E-state index contributed by atoms with van der Waals surface area (Å²) in [7, 11) is 0. The van der Waals surface area contributed by atoms with Gasteiger partial charge in [0.15, 0.2) is 5.43 Å². The molecule has 1 radical (unpaired) electrons. The van der Waals surface area contributed by atoms with Crippen LogP contribution in [-0.2, 0) is 0 Å². The maximum absolute atomic E-state index is 11.9. The normalized spacial score (nSPS) is 11.2. The number of benzene rings is 2. The van der Waals surface area contributed by atoms with Crippen LogP contribution in [-0.4, -0.2) is 65.1 Å². The van der Waals surface area contributed by atoms with Gasteiger partial charge in [-0.3, -0.25) is 4.79 Å². The summed E-state index contributed by atoms with van der Waals surface area (Å²) < 4.78 is 16.1. The van der Waals surface area contributed by atoms with E-state index in [0.717, 1.165) is 6.07 Å². The molecule has 0 saturated carbocycles. The van der Waals surface area contributed by atoms with E-state index in [9.17, 15) is 14.7 Å². The second kappa shape index (κ2) is 10.1. The summed E-state index contributed by atoms with van der Waals surface area (Å²) in [6.45, 7) is -0.123. The number of hydrogen-bond donors (Lipinski definition) is 2. The predicted octanol–water partition coefficient (Wildman–Crippen LogP) is 1.80. The summed E-state index contributed by atoms with van der Waals surface area (Å²) in [4.78, 5) is 22.9. The fourth-order valence-corrected chi connectivity index (χ4v) is 2.39. The van der Waals surface area contributed by atoms with Crippen molar-refractivity contribution in [2.24, 2.45) is 0 Å². The van der Waals surface area contributed by atoms with E-state index in [2.05, 4.69) is 0 Å². The minimum absolute atomic E-state index is 0. The van der Waals surface area contributed by atoms with Crippen LogP contribution in [0, 0.1) is 11.3 Å². The molecule has 29 heavy (non-hydrogen) atoms. The Morgan fingerprint density at radius 2 is 1.69 bits per heavy atom. The van der Waals surface area contributed by atoms with Gasteiger partial charge in [-0.2, -0.15) is 5.26 Å². The third-order valence-electron chi connectivity index (χ3n) is 3.78. The molecule has 1 unspecified atom stereocenters. The van der Waals surface area contributed by atoms with Crippen LogP contribution in [0.25, 0.3) is 11.0 Å². The second-order valence-corrected chi connectivity index (χ2v) is 5.85. The Kier molecular flexibility index (Phi) is 7.82. The smallest absolute Gasteiger partial charge is 0.371 e. The van der Waals surface area contributed by atoms with Crippen LogP contribution in [0.1, 0.15) is 16.1 Å². The van der Waals surface area contributed by atoms with Crippen molar-refractivity contribution >= 4 is 46.5 Å². The molecule has 143 valence electrons. The predicted molar refractivity (Wildman–Crippen MR) is 103 cm³/mol. The Bertz CT molecular complexity index is 1100. The molecule has 0 spiro atoms. The van der Waals surface area contributed by atoms with Gasteiger partial charge in [-0.15, -0.1) is 0 Å². The molecule has 3 aromatic rings. The number of aliphatic hydroxyl groups excluding tert-OH is 1. The van der Waals surface area contributed by atoms with Crippen LogP contribution in [0.5, 0.6) is 11.5 Å². The molecule has 9 heteroatoms. The first kappa shape index (κ1) is 22.5. The van der Waals surface area contributed by atoms with Gasteiger partial charge in [-0.1, -0.05) is 0 Å². The number of ether oxygens (including phenoxy) is 2. The first-order chi connectivity index (χ1) is 13.5. The number of carboxylic acid groups (broad SMARTS) is 1. The molecule has 0 saturated heterocycles. The first-order valence-corrected chi connectivity index (χ1v) is 8.21. The van der Waals surface area contributed by atoms with Gasteiger partial charge in [0, 0.05) is 41.7 Å². The van der Waals surface area contributed by atoms with E-state index in [0.29, 0.717) is 17.1 Å². The van der Waals surface area contributed by atoms with Gasteiger partial charge in [-0.25, -0.2) is 4.79 Å². The van der Waals surface area contributed by atoms with Gasteiger partial charge in [0.2, 0.25) is 5.76 Å². The van der Waals surface area contributed by atoms with Crippen LogP contribution < -0.4 is 14.9 Å². The number of nitriles is 1. The quantitative estimate of drug-likeness (QED) is 0.570. The number of rotatable bonds is 7. The monoisotopic (exact) mass is 404 g/mol. The number of hydrogen-bond acceptors (Lipinski definition) is 7. The third kappa shape index (κ3) is 5.82. The minimum atomic E-state index is -1.35. The molecule has 1 heterocycles. The van der Waals surface area contributed by atoms with E-state index in [-0.39, 0.29) is 53.7 Å². The zero-order valence-corrected chi connectivity index (χ0v) is 17.5. The summed E-state index contributed by atoms with van der Waals surface area (Å²) in [5.74, 6) is -1.01. The Balaban J connectivity index is 0.00000300. The summed E-state index contributed by atoms with van der Waals surface area (Å²) in [5.41, 5.74) is 0.108. The Morgan fingerprint density at radius 3 is 2.31 bits per heavy atom. The molecule has 1 atom stereocenters. The SMILES string of the molecule is N#Cc1ccc(OCC(O)COc2ccc3c(=O)cc(C(=O)O)oc3c2)cc1.[Na]. The summed E-state index contributed by atoms with van der Waals surface area (Å²) in [5, 5.41) is 27.9. The molecule has 1 aromatic heterocycles. The molecular formula is C20H15NNaO7. The molecular weight excluding hydrogens is 389 g/mol. The number of nitrogens with zero attached hydrogens (tertiary/aromatic N) is 1. The molecule has 0 aliphatic rings. The van der Waals surface area contributed by atoms with Crippen molar-refractivity contribution in [1.82, 2.24) is 0 Å². The molecule has 2 aromatic carbocycles. The molecule has 0 aliphatic heterocycles. The van der Waals surface area contributed by atoms with Crippen molar-refractivity contribution in [3.05, 3.63) is 70.1 Å². The van der Waals surface area contributed by atoms with Crippen LogP contribution in [0.4, 0.5) is 0 Å². The Hall–Kier alpha value is -2.83. The average molecular weight is 404 g/mol. The topological polar surface area (TPSA) is 130 Å². The van der Waals surface area contributed by atoms with Crippen molar-refractivity contribution in [2.45, 2.75) is 6.10 Å². The molecule has 2 N–H and O–H groups in total. The van der Waals surface area contributed by atoms with Gasteiger partial charge in [0.25, 0.3) is 0 Å². The molecule has 3 rings (SSSR count). The summed E-state index contributed by atoms with van der Waals surface area (Å²) in [6.07, 6.45) is -0.941. The molecule has 0 fully saturated rings. The standard InChI is InChI=1S/C20H15NO7.Na/c21-9-12-1-3-14(4-2-12)26-10-13(22)11-27-15-5-6-16-17(23)8-19(20(24)25)28-18(16)7-15;/h1-8,13,22H,10-11H2,(H,24,25);. The largest absolute Gasteiger partial charge is 0.491 e. The fourth-order valence-electron chi connectivity index (χ4n) is 2.39. The van der Waals surface area contributed by atoms with Gasteiger partial charge in [0.05, 0.1) is 17.0 Å². The van der Waals surface area contributed by atoms with Crippen molar-refractivity contribution in [1.29, 1.82) is 5.26 Å². The Morgan fingerprint density at radius 1 is 1.07 bits per heavy atom. The summed E-state index contributed by atoms with van der Waals surface area (Å²) >= 11 is 0. The van der Waals surface area contributed by atoms with E-state index in [1.807, 2.05) is 6.07 Å². The number of aromatic carboxylic acids is 1. The van der Waals surface area contributed by atoms with Crippen molar-refractivity contribution in [3.63, 3.8) is 0 Å². The maximum Gasteiger partial charge on any atom is 0.371 e. The van der Waals surface area contributed by atoms with E-state index in [4.69, 9.17) is 24.3 Å². The molecule has 0 amide bonds. The number of fused-ring (bicyclic) bond motifs is 1. The van der Waals surface area contributed by atoms with Gasteiger partial charge in [-0.05, 0) is 36.4 Å². The molecule has 0 bridgehead atoms. The van der Waals surface area contributed by atoms with Crippen molar-refractivity contribution in [2.75, 3.05) is 13.2 Å². The minimum Gasteiger partial charge on any atom is -0.491 e. The van der Waals surface area contributed by atoms with E-state index in [1.165, 1.54) is 18.2 Å². The van der Waals surface area contributed by atoms with Gasteiger partial charge < -0.3 is 24.1 Å². The van der Waals surface area contributed by atoms with Crippen LogP contribution in [0.2, 0.25) is 0 Å². The maximum atomic E-state index is 11.9. The second-order valence-electron chi connectivity index (χ2n) is 5.85. The van der Waals surface area contributed by atoms with Crippen LogP contribution in [0.3, 0.4) is 0 Å². The van der Waals surface area contributed by atoms with Crippen LogP contribution >= 0.6 is 0 Å². The average Bonchev–Trinajstić information content (AvgIpc) is 2.70. The van der Waals surface area contributed by atoms with Gasteiger partial charge in [0.1, 0.15) is 36.4 Å². The molecule has 0 aliphatic carbocycles. The number of carboxylic acids is 1. The van der Waals surface area contributed by atoms with Crippen molar-refractivity contribution in [3.8, 4) is 17.6 Å². The van der Waals surface area contributed by atoms with Crippen molar-refractivity contribution < 1.29 is 28.9 Å². The number of carbonyl (C=O) groups is 1. The van der Waals surface area contributed by atoms with E-state index < -0.39 is 23.3 Å². The Labute approximate surface area is 187 Å². The summed E-state index contributed by atoms with van der Waals surface area (Å²) in [6, 6.07) is 13.7. The first-order valence-electron chi connectivity index (χ1n) is 8.21. The van der Waals surface area contributed by atoms with Gasteiger partial charge >= 0.3 is 5.97 Å².